The molecule has 2 aromatic rings. The molecule has 0 atom stereocenters. The van der Waals surface area contributed by atoms with E-state index < -0.39 is 0 Å². The van der Waals surface area contributed by atoms with Crippen molar-refractivity contribution in [3.8, 4) is 11.5 Å². The number of benzene rings is 1. The molecule has 2 N–H and O–H groups in total. The van der Waals surface area contributed by atoms with Crippen LogP contribution in [0.3, 0.4) is 0 Å². The number of nitrogens with one attached hydrogen (secondary N) is 2. The number of hydrogen-bond donors (Lipinski definition) is 2. The Labute approximate surface area is 130 Å². The van der Waals surface area contributed by atoms with Crippen molar-refractivity contribution in [3.05, 3.63) is 36.7 Å². The summed E-state index contributed by atoms with van der Waals surface area (Å²) in [7, 11) is 1.64. The molecule has 1 aromatic heterocycles. The lowest BCUT2D eigenvalue weighted by Gasteiger charge is -2.09. The summed E-state index contributed by atoms with van der Waals surface area (Å²) in [5.41, 5.74) is 0. The van der Waals surface area contributed by atoms with Crippen LogP contribution in [0.1, 0.15) is 13.3 Å². The number of aromatic nitrogens is 2. The average molecular weight is 302 g/mol. The van der Waals surface area contributed by atoms with Gasteiger partial charge in [-0.3, -0.25) is 0 Å². The molecule has 0 aliphatic rings. The molecule has 0 aliphatic carbocycles. The van der Waals surface area contributed by atoms with Gasteiger partial charge in [0.25, 0.3) is 0 Å². The molecule has 0 radical (unpaired) electrons. The van der Waals surface area contributed by atoms with E-state index in [0.29, 0.717) is 13.2 Å². The Morgan fingerprint density at radius 2 is 1.59 bits per heavy atom. The van der Waals surface area contributed by atoms with Crippen LogP contribution in [0.2, 0.25) is 0 Å². The maximum Gasteiger partial charge on any atom is 0.131 e. The Morgan fingerprint density at radius 1 is 0.955 bits per heavy atom. The maximum absolute atomic E-state index is 5.65. The lowest BCUT2D eigenvalue weighted by Crippen LogP contribution is -2.13. The van der Waals surface area contributed by atoms with E-state index in [0.717, 1.165) is 36.1 Å². The van der Waals surface area contributed by atoms with Crippen molar-refractivity contribution in [3.63, 3.8) is 0 Å². The minimum atomic E-state index is 0.550. The fourth-order valence-electron chi connectivity index (χ4n) is 1.82. The molecule has 1 heterocycles. The second-order valence-corrected chi connectivity index (χ2v) is 4.67. The van der Waals surface area contributed by atoms with Crippen molar-refractivity contribution in [1.29, 1.82) is 0 Å². The van der Waals surface area contributed by atoms with E-state index in [9.17, 15) is 0 Å². The third kappa shape index (κ3) is 5.12. The van der Waals surface area contributed by atoms with Crippen LogP contribution in [-0.4, -0.2) is 36.8 Å². The normalized spacial score (nSPS) is 10.1. The summed E-state index contributed by atoms with van der Waals surface area (Å²) in [5, 5.41) is 6.44. The van der Waals surface area contributed by atoms with Crippen molar-refractivity contribution in [2.24, 2.45) is 0 Å². The standard InChI is InChI=1S/C16H22N4O2/c1-3-8-17-15-11-16(20-12-19-15)18-9-10-22-14-6-4-13(21-2)5-7-14/h4-7,11-12H,3,8-10H2,1-2H3,(H2,17,18,19,20). The Balaban J connectivity index is 1.73. The average Bonchev–Trinajstić information content (AvgIpc) is 2.58. The molecule has 2 rings (SSSR count). The molecule has 0 saturated carbocycles. The van der Waals surface area contributed by atoms with Crippen molar-refractivity contribution in [2.75, 3.05) is 37.4 Å². The number of methoxy groups -OCH3 is 1. The first-order valence-electron chi connectivity index (χ1n) is 7.38. The zero-order valence-corrected chi connectivity index (χ0v) is 13.0. The highest BCUT2D eigenvalue weighted by atomic mass is 16.5. The third-order valence-electron chi connectivity index (χ3n) is 2.96. The van der Waals surface area contributed by atoms with Crippen LogP contribution >= 0.6 is 0 Å². The minimum absolute atomic E-state index is 0.550. The molecule has 0 saturated heterocycles. The van der Waals surface area contributed by atoms with Gasteiger partial charge in [0, 0.05) is 12.6 Å². The van der Waals surface area contributed by atoms with Gasteiger partial charge in [-0.15, -0.1) is 0 Å². The van der Waals surface area contributed by atoms with E-state index in [1.807, 2.05) is 30.3 Å². The smallest absolute Gasteiger partial charge is 0.131 e. The SMILES string of the molecule is CCCNc1cc(NCCOc2ccc(OC)cc2)ncn1. The number of anilines is 2. The lowest BCUT2D eigenvalue weighted by molar-refractivity contribution is 0.331. The zero-order chi connectivity index (χ0) is 15.6. The van der Waals surface area contributed by atoms with Crippen molar-refractivity contribution >= 4 is 11.6 Å². The Kier molecular flexibility index (Phi) is 6.29. The Bertz CT molecular complexity index is 560. The molecule has 22 heavy (non-hydrogen) atoms. The van der Waals surface area contributed by atoms with Crippen LogP contribution in [0, 0.1) is 0 Å². The minimum Gasteiger partial charge on any atom is -0.497 e. The molecular formula is C16H22N4O2. The van der Waals surface area contributed by atoms with E-state index in [1.54, 1.807) is 13.4 Å². The van der Waals surface area contributed by atoms with Crippen LogP contribution in [0.4, 0.5) is 11.6 Å². The van der Waals surface area contributed by atoms with Gasteiger partial charge in [-0.2, -0.15) is 0 Å². The third-order valence-corrected chi connectivity index (χ3v) is 2.96. The van der Waals surface area contributed by atoms with E-state index in [-0.39, 0.29) is 0 Å². The maximum atomic E-state index is 5.65. The van der Waals surface area contributed by atoms with Gasteiger partial charge in [-0.25, -0.2) is 9.97 Å². The molecule has 118 valence electrons. The van der Waals surface area contributed by atoms with Gasteiger partial charge in [0.2, 0.25) is 0 Å². The van der Waals surface area contributed by atoms with Crippen LogP contribution in [0.25, 0.3) is 0 Å². The number of ether oxygens (including phenoxy) is 2. The van der Waals surface area contributed by atoms with E-state index in [2.05, 4.69) is 27.5 Å². The van der Waals surface area contributed by atoms with Gasteiger partial charge in [0.1, 0.15) is 36.1 Å². The first kappa shape index (κ1) is 15.9. The highest BCUT2D eigenvalue weighted by Gasteiger charge is 1.99. The summed E-state index contributed by atoms with van der Waals surface area (Å²) in [5.74, 6) is 3.25. The molecule has 0 amide bonds. The predicted molar refractivity (Wildman–Crippen MR) is 87.8 cm³/mol. The van der Waals surface area contributed by atoms with Crippen LogP contribution in [0.5, 0.6) is 11.5 Å². The fourth-order valence-corrected chi connectivity index (χ4v) is 1.82. The van der Waals surface area contributed by atoms with Gasteiger partial charge < -0.3 is 20.1 Å². The largest absolute Gasteiger partial charge is 0.497 e. The summed E-state index contributed by atoms with van der Waals surface area (Å²) in [6.45, 7) is 4.23. The van der Waals surface area contributed by atoms with Crippen LogP contribution < -0.4 is 20.1 Å². The molecule has 1 aromatic carbocycles. The summed E-state index contributed by atoms with van der Waals surface area (Å²) >= 11 is 0. The monoisotopic (exact) mass is 302 g/mol. The second kappa shape index (κ2) is 8.71. The number of nitrogens with zero attached hydrogens (tertiary/aromatic N) is 2. The molecule has 6 nitrogen and oxygen atoms in total. The Morgan fingerprint density at radius 3 is 2.23 bits per heavy atom. The highest BCUT2D eigenvalue weighted by molar-refractivity contribution is 5.46. The topological polar surface area (TPSA) is 68.3 Å². The molecular weight excluding hydrogens is 280 g/mol. The second-order valence-electron chi connectivity index (χ2n) is 4.67. The quantitative estimate of drug-likeness (QED) is 0.694. The summed E-state index contributed by atoms with van der Waals surface area (Å²) in [6, 6.07) is 9.41. The molecule has 0 spiro atoms. The predicted octanol–water partition coefficient (Wildman–Crippen LogP) is 2.80. The van der Waals surface area contributed by atoms with E-state index in [1.165, 1.54) is 0 Å². The van der Waals surface area contributed by atoms with E-state index >= 15 is 0 Å². The number of hydrogen-bond acceptors (Lipinski definition) is 6. The van der Waals surface area contributed by atoms with Gasteiger partial charge >= 0.3 is 0 Å². The van der Waals surface area contributed by atoms with Crippen LogP contribution in [0.15, 0.2) is 36.7 Å². The molecule has 6 heteroatoms. The van der Waals surface area contributed by atoms with Gasteiger partial charge in [-0.1, -0.05) is 6.92 Å². The molecule has 0 aliphatic heterocycles. The lowest BCUT2D eigenvalue weighted by atomic mass is 10.3. The van der Waals surface area contributed by atoms with Crippen molar-refractivity contribution in [1.82, 2.24) is 9.97 Å². The molecule has 0 fully saturated rings. The molecule has 0 bridgehead atoms. The summed E-state index contributed by atoms with van der Waals surface area (Å²) in [4.78, 5) is 8.34. The van der Waals surface area contributed by atoms with Gasteiger partial charge in [0.15, 0.2) is 0 Å². The summed E-state index contributed by atoms with van der Waals surface area (Å²) in [6.07, 6.45) is 2.60. The Hall–Kier alpha value is -2.50. The first-order valence-corrected chi connectivity index (χ1v) is 7.38. The fraction of sp³-hybridized carbons (Fsp3) is 0.375. The van der Waals surface area contributed by atoms with Gasteiger partial charge in [-0.05, 0) is 30.7 Å². The molecule has 0 unspecified atom stereocenters. The van der Waals surface area contributed by atoms with Crippen molar-refractivity contribution < 1.29 is 9.47 Å². The summed E-state index contributed by atoms with van der Waals surface area (Å²) < 4.78 is 10.7. The zero-order valence-electron chi connectivity index (χ0n) is 13.0. The number of rotatable bonds is 9. The van der Waals surface area contributed by atoms with Gasteiger partial charge in [0.05, 0.1) is 13.7 Å². The van der Waals surface area contributed by atoms with Crippen LogP contribution in [-0.2, 0) is 0 Å². The highest BCUT2D eigenvalue weighted by Crippen LogP contribution is 2.16. The first-order chi connectivity index (χ1) is 10.8. The van der Waals surface area contributed by atoms with E-state index in [4.69, 9.17) is 9.47 Å². The van der Waals surface area contributed by atoms with Crippen molar-refractivity contribution in [2.45, 2.75) is 13.3 Å².